The zero-order chi connectivity index (χ0) is 14.8. The maximum absolute atomic E-state index is 11.8. The third-order valence-corrected chi connectivity index (χ3v) is 3.11. The van der Waals surface area contributed by atoms with Gasteiger partial charge in [0.1, 0.15) is 0 Å². The maximum atomic E-state index is 11.8. The normalized spacial score (nSPS) is 10.2. The molecule has 1 rings (SSSR count). The summed E-state index contributed by atoms with van der Waals surface area (Å²) in [4.78, 5) is 22.2. The van der Waals surface area contributed by atoms with Gasteiger partial charge in [0, 0.05) is 18.5 Å². The van der Waals surface area contributed by atoms with E-state index >= 15 is 0 Å². The van der Waals surface area contributed by atoms with Crippen molar-refractivity contribution in [3.8, 4) is 0 Å². The number of hydrogen-bond acceptors (Lipinski definition) is 2. The number of nitrogens with one attached hydrogen (secondary N) is 1. The summed E-state index contributed by atoms with van der Waals surface area (Å²) in [6.07, 6.45) is 4.63. The molecule has 0 bridgehead atoms. The molecule has 0 aliphatic rings. The van der Waals surface area contributed by atoms with Gasteiger partial charge in [-0.1, -0.05) is 31.9 Å². The molecule has 1 aromatic rings. The van der Waals surface area contributed by atoms with Crippen LogP contribution in [0.4, 0.5) is 0 Å². The van der Waals surface area contributed by atoms with E-state index in [2.05, 4.69) is 12.2 Å². The maximum Gasteiger partial charge on any atom is 0.303 e. The van der Waals surface area contributed by atoms with Crippen LogP contribution in [0.2, 0.25) is 0 Å². The van der Waals surface area contributed by atoms with Gasteiger partial charge in [-0.05, 0) is 37.0 Å². The summed E-state index contributed by atoms with van der Waals surface area (Å²) in [5.41, 5.74) is 1.92. The number of benzene rings is 1. The summed E-state index contributed by atoms with van der Waals surface area (Å²) in [6.45, 7) is 2.72. The van der Waals surface area contributed by atoms with E-state index in [0.717, 1.165) is 25.7 Å². The van der Waals surface area contributed by atoms with Gasteiger partial charge < -0.3 is 10.4 Å². The van der Waals surface area contributed by atoms with E-state index in [1.54, 1.807) is 0 Å². The summed E-state index contributed by atoms with van der Waals surface area (Å²) in [5, 5.41) is 11.3. The van der Waals surface area contributed by atoms with E-state index in [9.17, 15) is 9.59 Å². The number of aliphatic carboxylic acids is 1. The molecule has 0 fully saturated rings. The van der Waals surface area contributed by atoms with Crippen molar-refractivity contribution in [2.75, 3.05) is 6.54 Å². The zero-order valence-corrected chi connectivity index (χ0v) is 12.0. The van der Waals surface area contributed by atoms with Crippen LogP contribution in [0.1, 0.15) is 54.9 Å². The van der Waals surface area contributed by atoms with Gasteiger partial charge in [-0.15, -0.1) is 0 Å². The molecule has 0 radical (unpaired) electrons. The minimum Gasteiger partial charge on any atom is -0.481 e. The molecule has 20 heavy (non-hydrogen) atoms. The Bertz CT molecular complexity index is 426. The Hall–Kier alpha value is -1.84. The molecule has 1 aromatic carbocycles. The number of unbranched alkanes of at least 4 members (excludes halogenated alkanes) is 2. The molecule has 0 spiro atoms. The van der Waals surface area contributed by atoms with Crippen molar-refractivity contribution in [2.45, 2.75) is 45.4 Å². The SMILES string of the molecule is CCCc1ccc(C(=O)NCCCCCC(=O)O)cc1. The number of rotatable bonds is 9. The largest absolute Gasteiger partial charge is 0.481 e. The van der Waals surface area contributed by atoms with Crippen LogP contribution < -0.4 is 5.32 Å². The molecule has 2 N–H and O–H groups in total. The van der Waals surface area contributed by atoms with Gasteiger partial charge in [-0.2, -0.15) is 0 Å². The lowest BCUT2D eigenvalue weighted by Gasteiger charge is -2.06. The molecule has 0 aromatic heterocycles. The second-order valence-electron chi connectivity index (χ2n) is 4.91. The predicted molar refractivity (Wildman–Crippen MR) is 78.9 cm³/mol. The molecule has 0 aliphatic heterocycles. The first-order valence-electron chi connectivity index (χ1n) is 7.22. The van der Waals surface area contributed by atoms with E-state index in [0.29, 0.717) is 18.5 Å². The Morgan fingerprint density at radius 1 is 1.10 bits per heavy atom. The first-order chi connectivity index (χ1) is 9.63. The molecule has 0 saturated heterocycles. The van der Waals surface area contributed by atoms with Gasteiger partial charge in [0.2, 0.25) is 0 Å². The van der Waals surface area contributed by atoms with Crippen molar-refractivity contribution in [3.05, 3.63) is 35.4 Å². The molecular weight excluding hydrogens is 254 g/mol. The molecule has 0 aliphatic carbocycles. The highest BCUT2D eigenvalue weighted by Crippen LogP contribution is 2.07. The number of amides is 1. The second kappa shape index (κ2) is 9.13. The van der Waals surface area contributed by atoms with Crippen molar-refractivity contribution < 1.29 is 14.7 Å². The number of carbonyl (C=O) groups excluding carboxylic acids is 1. The van der Waals surface area contributed by atoms with Crippen LogP contribution in [0.3, 0.4) is 0 Å². The van der Waals surface area contributed by atoms with Gasteiger partial charge in [-0.3, -0.25) is 9.59 Å². The number of carboxylic acids is 1. The van der Waals surface area contributed by atoms with Crippen molar-refractivity contribution in [1.82, 2.24) is 5.32 Å². The first-order valence-corrected chi connectivity index (χ1v) is 7.22. The van der Waals surface area contributed by atoms with Gasteiger partial charge in [0.15, 0.2) is 0 Å². The summed E-state index contributed by atoms with van der Waals surface area (Å²) < 4.78 is 0. The summed E-state index contributed by atoms with van der Waals surface area (Å²) >= 11 is 0. The van der Waals surface area contributed by atoms with Crippen LogP contribution in [0.15, 0.2) is 24.3 Å². The Kier molecular flexibility index (Phi) is 7.40. The fraction of sp³-hybridized carbons (Fsp3) is 0.500. The predicted octanol–water partition coefficient (Wildman–Crippen LogP) is 3.01. The van der Waals surface area contributed by atoms with Crippen LogP contribution >= 0.6 is 0 Å². The number of hydrogen-bond donors (Lipinski definition) is 2. The fourth-order valence-corrected chi connectivity index (χ4v) is 1.99. The van der Waals surface area contributed by atoms with Crippen molar-refractivity contribution in [1.29, 1.82) is 0 Å². The van der Waals surface area contributed by atoms with Crippen LogP contribution in [-0.4, -0.2) is 23.5 Å². The number of carboxylic acid groups (broad SMARTS) is 1. The number of aryl methyl sites for hydroxylation is 1. The fourth-order valence-electron chi connectivity index (χ4n) is 1.99. The summed E-state index contributed by atoms with van der Waals surface area (Å²) in [7, 11) is 0. The lowest BCUT2D eigenvalue weighted by atomic mass is 10.1. The topological polar surface area (TPSA) is 66.4 Å². The van der Waals surface area contributed by atoms with Gasteiger partial charge in [0.25, 0.3) is 5.91 Å². The van der Waals surface area contributed by atoms with Crippen LogP contribution in [0.25, 0.3) is 0 Å². The lowest BCUT2D eigenvalue weighted by molar-refractivity contribution is -0.137. The molecule has 0 unspecified atom stereocenters. The second-order valence-corrected chi connectivity index (χ2v) is 4.91. The molecule has 4 heteroatoms. The van der Waals surface area contributed by atoms with E-state index in [1.165, 1.54) is 5.56 Å². The van der Waals surface area contributed by atoms with Crippen LogP contribution in [0.5, 0.6) is 0 Å². The third kappa shape index (κ3) is 6.36. The van der Waals surface area contributed by atoms with Crippen molar-refractivity contribution >= 4 is 11.9 Å². The standard InChI is InChI=1S/C16H23NO3/c1-2-6-13-8-10-14(11-9-13)16(20)17-12-5-3-4-7-15(18)19/h8-11H,2-7,12H2,1H3,(H,17,20)(H,18,19). The Morgan fingerprint density at radius 2 is 1.80 bits per heavy atom. The third-order valence-electron chi connectivity index (χ3n) is 3.11. The molecular formula is C16H23NO3. The van der Waals surface area contributed by atoms with Crippen LogP contribution in [0, 0.1) is 0 Å². The van der Waals surface area contributed by atoms with E-state index in [4.69, 9.17) is 5.11 Å². The lowest BCUT2D eigenvalue weighted by Crippen LogP contribution is -2.24. The Balaban J connectivity index is 2.23. The summed E-state index contributed by atoms with van der Waals surface area (Å²) in [5.74, 6) is -0.826. The van der Waals surface area contributed by atoms with Gasteiger partial charge >= 0.3 is 5.97 Å². The number of carbonyl (C=O) groups is 2. The molecule has 0 heterocycles. The smallest absolute Gasteiger partial charge is 0.303 e. The quantitative estimate of drug-likeness (QED) is 0.682. The molecule has 1 amide bonds. The highest BCUT2D eigenvalue weighted by atomic mass is 16.4. The minimum absolute atomic E-state index is 0.0636. The van der Waals surface area contributed by atoms with Crippen molar-refractivity contribution in [2.24, 2.45) is 0 Å². The zero-order valence-electron chi connectivity index (χ0n) is 12.0. The van der Waals surface area contributed by atoms with Gasteiger partial charge in [-0.25, -0.2) is 0 Å². The van der Waals surface area contributed by atoms with Crippen LogP contribution in [-0.2, 0) is 11.2 Å². The summed E-state index contributed by atoms with van der Waals surface area (Å²) in [6, 6.07) is 7.69. The molecule has 110 valence electrons. The Morgan fingerprint density at radius 3 is 2.40 bits per heavy atom. The minimum atomic E-state index is -0.763. The Labute approximate surface area is 120 Å². The van der Waals surface area contributed by atoms with E-state index in [-0.39, 0.29) is 12.3 Å². The van der Waals surface area contributed by atoms with E-state index < -0.39 is 5.97 Å². The average Bonchev–Trinajstić information content (AvgIpc) is 2.43. The average molecular weight is 277 g/mol. The molecule has 4 nitrogen and oxygen atoms in total. The molecule has 0 atom stereocenters. The highest BCUT2D eigenvalue weighted by Gasteiger charge is 2.04. The first kappa shape index (κ1) is 16.2. The highest BCUT2D eigenvalue weighted by molar-refractivity contribution is 5.94. The monoisotopic (exact) mass is 277 g/mol. The van der Waals surface area contributed by atoms with Gasteiger partial charge in [0.05, 0.1) is 0 Å². The van der Waals surface area contributed by atoms with Crippen molar-refractivity contribution in [3.63, 3.8) is 0 Å². The molecule has 0 saturated carbocycles. The van der Waals surface area contributed by atoms with E-state index in [1.807, 2.05) is 24.3 Å².